The molecular weight excluding hydrogens is 256 g/mol. The van der Waals surface area contributed by atoms with Crippen LogP contribution in [0.2, 0.25) is 0 Å². The maximum absolute atomic E-state index is 5.51. The minimum absolute atomic E-state index is 0.624. The van der Waals surface area contributed by atoms with E-state index in [1.165, 1.54) is 0 Å². The summed E-state index contributed by atoms with van der Waals surface area (Å²) in [4.78, 5) is 7.73. The number of aryl methyl sites for hydroxylation is 1. The maximum atomic E-state index is 5.51. The Morgan fingerprint density at radius 2 is 2.11 bits per heavy atom. The van der Waals surface area contributed by atoms with Gasteiger partial charge in [0.25, 0.3) is 0 Å². The lowest BCUT2D eigenvalue weighted by molar-refractivity contribution is 0.340. The van der Waals surface area contributed by atoms with Crippen LogP contribution in [0.15, 0.2) is 30.3 Å². The van der Waals surface area contributed by atoms with Crippen molar-refractivity contribution in [2.45, 2.75) is 26.7 Å². The van der Waals surface area contributed by atoms with Crippen molar-refractivity contribution in [2.75, 3.05) is 6.61 Å². The van der Waals surface area contributed by atoms with Crippen LogP contribution in [0.3, 0.4) is 0 Å². The molecule has 1 heterocycles. The summed E-state index contributed by atoms with van der Waals surface area (Å²) >= 11 is 5.22. The average Bonchev–Trinajstić information content (AvgIpc) is 2.39. The van der Waals surface area contributed by atoms with Crippen LogP contribution in [0.25, 0.3) is 11.4 Å². The number of H-pyrrole nitrogens is 1. The number of benzene rings is 1. The lowest BCUT2D eigenvalue weighted by Gasteiger charge is -2.07. The molecule has 0 aliphatic heterocycles. The predicted octanol–water partition coefficient (Wildman–Crippen LogP) is 4.16. The molecule has 0 saturated carbocycles. The van der Waals surface area contributed by atoms with Crippen LogP contribution in [0.5, 0.6) is 5.75 Å². The van der Waals surface area contributed by atoms with Gasteiger partial charge in [-0.05, 0) is 31.5 Å². The third kappa shape index (κ3) is 3.64. The van der Waals surface area contributed by atoms with E-state index >= 15 is 0 Å². The molecule has 2 aromatic rings. The number of ether oxygens (including phenoxy) is 1. The number of aromatic amines is 1. The number of hydrogen-bond donors (Lipinski definition) is 1. The zero-order chi connectivity index (χ0) is 13.7. The molecule has 0 atom stereocenters. The Balaban J connectivity index is 2.40. The summed E-state index contributed by atoms with van der Waals surface area (Å²) in [5.74, 6) is 1.65. The van der Waals surface area contributed by atoms with E-state index in [1.807, 2.05) is 37.3 Å². The SMILES string of the molecule is CCCc1cc(=S)nc(-c2cccc(OCC)c2)[nH]1. The van der Waals surface area contributed by atoms with E-state index < -0.39 is 0 Å². The Labute approximate surface area is 118 Å². The van der Waals surface area contributed by atoms with Crippen LogP contribution in [0.4, 0.5) is 0 Å². The molecule has 0 fully saturated rings. The molecule has 0 aliphatic carbocycles. The molecule has 0 bridgehead atoms. The van der Waals surface area contributed by atoms with Gasteiger partial charge in [-0.3, -0.25) is 0 Å². The van der Waals surface area contributed by atoms with Crippen molar-refractivity contribution in [1.82, 2.24) is 9.97 Å². The zero-order valence-electron chi connectivity index (χ0n) is 11.3. The second-order valence-electron chi connectivity index (χ2n) is 4.30. The van der Waals surface area contributed by atoms with Crippen LogP contribution in [0.1, 0.15) is 26.0 Å². The standard InChI is InChI=1S/C15H18N2OS/c1-3-6-12-10-14(19)17-15(16-12)11-7-5-8-13(9-11)18-4-2/h5,7-10H,3-4,6H2,1-2H3,(H,16,17,19). The van der Waals surface area contributed by atoms with Gasteiger partial charge in [0.1, 0.15) is 16.2 Å². The Morgan fingerprint density at radius 1 is 1.26 bits per heavy atom. The number of nitrogens with zero attached hydrogens (tertiary/aromatic N) is 1. The molecular formula is C15H18N2OS. The summed E-state index contributed by atoms with van der Waals surface area (Å²) in [5.41, 5.74) is 2.12. The fourth-order valence-corrected chi connectivity index (χ4v) is 2.18. The second kappa shape index (κ2) is 6.48. The van der Waals surface area contributed by atoms with Crippen molar-refractivity contribution in [3.8, 4) is 17.1 Å². The summed E-state index contributed by atoms with van der Waals surface area (Å²) < 4.78 is 6.13. The number of nitrogens with one attached hydrogen (secondary N) is 1. The van der Waals surface area contributed by atoms with Crippen LogP contribution in [-0.2, 0) is 6.42 Å². The fraction of sp³-hybridized carbons (Fsp3) is 0.333. The highest BCUT2D eigenvalue weighted by Crippen LogP contribution is 2.21. The van der Waals surface area contributed by atoms with Crippen LogP contribution >= 0.6 is 12.2 Å². The van der Waals surface area contributed by atoms with Gasteiger partial charge in [-0.2, -0.15) is 0 Å². The first-order valence-corrected chi connectivity index (χ1v) is 6.97. The van der Waals surface area contributed by atoms with Gasteiger partial charge < -0.3 is 9.72 Å². The lowest BCUT2D eigenvalue weighted by Crippen LogP contribution is -1.97. The van der Waals surface area contributed by atoms with E-state index in [0.29, 0.717) is 11.2 Å². The van der Waals surface area contributed by atoms with E-state index in [9.17, 15) is 0 Å². The van der Waals surface area contributed by atoms with Crippen molar-refractivity contribution in [3.63, 3.8) is 0 Å². The molecule has 0 aliphatic rings. The van der Waals surface area contributed by atoms with Crippen LogP contribution < -0.4 is 4.74 Å². The summed E-state index contributed by atoms with van der Waals surface area (Å²) in [5, 5.41) is 0. The van der Waals surface area contributed by atoms with E-state index in [4.69, 9.17) is 17.0 Å². The zero-order valence-corrected chi connectivity index (χ0v) is 12.1. The largest absolute Gasteiger partial charge is 0.494 e. The normalized spacial score (nSPS) is 10.4. The molecule has 100 valence electrons. The van der Waals surface area contributed by atoms with Gasteiger partial charge in [-0.25, -0.2) is 4.98 Å². The first-order valence-electron chi connectivity index (χ1n) is 6.56. The molecule has 4 heteroatoms. The summed E-state index contributed by atoms with van der Waals surface area (Å²) in [6, 6.07) is 9.82. The third-order valence-electron chi connectivity index (χ3n) is 2.74. The summed E-state index contributed by atoms with van der Waals surface area (Å²) in [6.45, 7) is 4.77. The molecule has 2 rings (SSSR count). The highest BCUT2D eigenvalue weighted by molar-refractivity contribution is 7.71. The van der Waals surface area contributed by atoms with Crippen LogP contribution in [0, 0.1) is 4.64 Å². The molecule has 0 radical (unpaired) electrons. The van der Waals surface area contributed by atoms with Gasteiger partial charge in [0.05, 0.1) is 6.61 Å². The van der Waals surface area contributed by atoms with Gasteiger partial charge in [-0.1, -0.05) is 37.7 Å². The molecule has 1 aromatic carbocycles. The van der Waals surface area contributed by atoms with Crippen molar-refractivity contribution >= 4 is 12.2 Å². The molecule has 0 spiro atoms. The Morgan fingerprint density at radius 3 is 2.84 bits per heavy atom. The average molecular weight is 274 g/mol. The van der Waals surface area contributed by atoms with Crippen molar-refractivity contribution in [1.29, 1.82) is 0 Å². The molecule has 19 heavy (non-hydrogen) atoms. The number of aromatic nitrogens is 2. The molecule has 0 saturated heterocycles. The third-order valence-corrected chi connectivity index (χ3v) is 2.95. The molecule has 1 aromatic heterocycles. The minimum Gasteiger partial charge on any atom is -0.494 e. The topological polar surface area (TPSA) is 37.9 Å². The van der Waals surface area contributed by atoms with Crippen LogP contribution in [-0.4, -0.2) is 16.6 Å². The van der Waals surface area contributed by atoms with Crippen molar-refractivity contribution < 1.29 is 4.74 Å². The van der Waals surface area contributed by atoms with Gasteiger partial charge in [0.2, 0.25) is 0 Å². The summed E-state index contributed by atoms with van der Waals surface area (Å²) in [7, 11) is 0. The van der Waals surface area contributed by atoms with E-state index in [0.717, 1.165) is 35.7 Å². The van der Waals surface area contributed by atoms with E-state index in [1.54, 1.807) is 0 Å². The van der Waals surface area contributed by atoms with E-state index in [2.05, 4.69) is 16.9 Å². The Hall–Kier alpha value is -1.68. The lowest BCUT2D eigenvalue weighted by atomic mass is 10.2. The fourth-order valence-electron chi connectivity index (χ4n) is 1.95. The minimum atomic E-state index is 0.624. The quantitative estimate of drug-likeness (QED) is 0.832. The molecule has 0 unspecified atom stereocenters. The highest BCUT2D eigenvalue weighted by Gasteiger charge is 2.04. The first kappa shape index (κ1) is 13.7. The first-order chi connectivity index (χ1) is 9.22. The van der Waals surface area contributed by atoms with Gasteiger partial charge in [0, 0.05) is 11.3 Å². The second-order valence-corrected chi connectivity index (χ2v) is 4.72. The summed E-state index contributed by atoms with van der Waals surface area (Å²) in [6.07, 6.45) is 2.05. The van der Waals surface area contributed by atoms with Gasteiger partial charge >= 0.3 is 0 Å². The number of rotatable bonds is 5. The highest BCUT2D eigenvalue weighted by atomic mass is 32.1. The monoisotopic (exact) mass is 274 g/mol. The smallest absolute Gasteiger partial charge is 0.139 e. The Bertz CT molecular complexity index is 607. The van der Waals surface area contributed by atoms with Crippen molar-refractivity contribution in [3.05, 3.63) is 40.7 Å². The molecule has 0 amide bonds. The number of hydrogen-bond acceptors (Lipinski definition) is 3. The Kier molecular flexibility index (Phi) is 4.68. The molecule has 1 N–H and O–H groups in total. The van der Waals surface area contributed by atoms with Gasteiger partial charge in [0.15, 0.2) is 0 Å². The molecule has 3 nitrogen and oxygen atoms in total. The maximum Gasteiger partial charge on any atom is 0.139 e. The van der Waals surface area contributed by atoms with Gasteiger partial charge in [-0.15, -0.1) is 0 Å². The van der Waals surface area contributed by atoms with Crippen molar-refractivity contribution in [2.24, 2.45) is 0 Å². The predicted molar refractivity (Wildman–Crippen MR) is 80.0 cm³/mol. The van der Waals surface area contributed by atoms with E-state index in [-0.39, 0.29) is 0 Å².